The quantitative estimate of drug-likeness (QED) is 0.451. The molecule has 2 rings (SSSR count). The summed E-state index contributed by atoms with van der Waals surface area (Å²) in [6.07, 6.45) is 8.00. The van der Waals surface area contributed by atoms with Crippen LogP contribution in [-0.2, 0) is 0 Å². The van der Waals surface area contributed by atoms with E-state index >= 15 is 0 Å². The molecule has 0 aliphatic heterocycles. The number of hydrogen-bond acceptors (Lipinski definition) is 2. The van der Waals surface area contributed by atoms with Crippen LogP contribution in [0.3, 0.4) is 0 Å². The van der Waals surface area contributed by atoms with E-state index in [2.05, 4.69) is 32.9 Å². The predicted molar refractivity (Wildman–Crippen MR) is 96.6 cm³/mol. The zero-order valence-corrected chi connectivity index (χ0v) is 15.3. The lowest BCUT2D eigenvalue weighted by Crippen LogP contribution is -2.19. The minimum Gasteiger partial charge on any atom is -0.493 e. The number of rotatable bonds is 7. The first-order chi connectivity index (χ1) is 11.0. The Morgan fingerprint density at radius 2 is 1.91 bits per heavy atom. The maximum atomic E-state index is 12.9. The van der Waals surface area contributed by atoms with Gasteiger partial charge in [-0.2, -0.15) is 0 Å². The van der Waals surface area contributed by atoms with Crippen LogP contribution in [0.25, 0.3) is 0 Å². The summed E-state index contributed by atoms with van der Waals surface area (Å²) in [5.41, 5.74) is 3.16. The number of aryl methyl sites for hydroxylation is 1. The molecule has 2 nitrogen and oxygen atoms in total. The van der Waals surface area contributed by atoms with E-state index in [9.17, 15) is 4.79 Å². The van der Waals surface area contributed by atoms with Crippen molar-refractivity contribution in [3.63, 3.8) is 0 Å². The van der Waals surface area contributed by atoms with E-state index < -0.39 is 0 Å². The Labute approximate surface area is 141 Å². The van der Waals surface area contributed by atoms with Crippen LogP contribution in [0.15, 0.2) is 12.1 Å². The molecular formula is C21H32O2. The molecule has 0 atom stereocenters. The van der Waals surface area contributed by atoms with Crippen LogP contribution < -0.4 is 4.74 Å². The van der Waals surface area contributed by atoms with E-state index in [0.29, 0.717) is 11.7 Å². The van der Waals surface area contributed by atoms with Crippen molar-refractivity contribution in [3.05, 3.63) is 28.8 Å². The molecule has 0 amide bonds. The fourth-order valence-corrected chi connectivity index (χ4v) is 3.45. The number of ketones is 1. The van der Waals surface area contributed by atoms with E-state index in [4.69, 9.17) is 4.74 Å². The Kier molecular flexibility index (Phi) is 6.68. The summed E-state index contributed by atoms with van der Waals surface area (Å²) in [7, 11) is 0. The second-order valence-electron chi connectivity index (χ2n) is 7.26. The number of ether oxygens (including phenoxy) is 1. The van der Waals surface area contributed by atoms with Crippen LogP contribution >= 0.6 is 0 Å². The Morgan fingerprint density at radius 3 is 2.52 bits per heavy atom. The smallest absolute Gasteiger partial charge is 0.166 e. The molecule has 128 valence electrons. The minimum atomic E-state index is 0.231. The van der Waals surface area contributed by atoms with Gasteiger partial charge >= 0.3 is 0 Å². The number of benzene rings is 1. The van der Waals surface area contributed by atoms with Crippen molar-refractivity contribution in [1.29, 1.82) is 0 Å². The van der Waals surface area contributed by atoms with Crippen LogP contribution in [-0.4, -0.2) is 12.4 Å². The maximum Gasteiger partial charge on any atom is 0.166 e. The number of carbonyl (C=O) groups is 1. The first-order valence-electron chi connectivity index (χ1n) is 9.36. The second-order valence-corrected chi connectivity index (χ2v) is 7.26. The van der Waals surface area contributed by atoms with Gasteiger partial charge in [0.05, 0.1) is 6.61 Å². The molecule has 1 aromatic rings. The van der Waals surface area contributed by atoms with Crippen LogP contribution in [0.2, 0.25) is 0 Å². The average Bonchev–Trinajstić information content (AvgIpc) is 2.55. The van der Waals surface area contributed by atoms with Crippen molar-refractivity contribution in [2.75, 3.05) is 6.61 Å². The van der Waals surface area contributed by atoms with Gasteiger partial charge in [-0.1, -0.05) is 46.5 Å². The topological polar surface area (TPSA) is 26.3 Å². The second kappa shape index (κ2) is 8.52. The highest BCUT2D eigenvalue weighted by Crippen LogP contribution is 2.33. The van der Waals surface area contributed by atoms with Crippen LogP contribution in [0, 0.1) is 12.8 Å². The van der Waals surface area contributed by atoms with E-state index in [1.165, 1.54) is 24.8 Å². The predicted octanol–water partition coefficient (Wildman–Crippen LogP) is 6.06. The zero-order chi connectivity index (χ0) is 16.8. The van der Waals surface area contributed by atoms with Gasteiger partial charge in [0.1, 0.15) is 5.75 Å². The van der Waals surface area contributed by atoms with E-state index in [-0.39, 0.29) is 5.92 Å². The fourth-order valence-electron chi connectivity index (χ4n) is 3.45. The third kappa shape index (κ3) is 4.59. The van der Waals surface area contributed by atoms with Gasteiger partial charge in [0, 0.05) is 11.5 Å². The van der Waals surface area contributed by atoms with Gasteiger partial charge in [-0.3, -0.25) is 4.79 Å². The first kappa shape index (κ1) is 18.0. The van der Waals surface area contributed by atoms with Gasteiger partial charge in [-0.05, 0) is 55.4 Å². The van der Waals surface area contributed by atoms with E-state index in [1.54, 1.807) is 0 Å². The first-order valence-corrected chi connectivity index (χ1v) is 9.36. The lowest BCUT2D eigenvalue weighted by Gasteiger charge is -2.23. The monoisotopic (exact) mass is 316 g/mol. The summed E-state index contributed by atoms with van der Waals surface area (Å²) in [6.45, 7) is 9.32. The normalized spacial score (nSPS) is 15.9. The van der Waals surface area contributed by atoms with Crippen molar-refractivity contribution in [2.24, 2.45) is 5.92 Å². The van der Waals surface area contributed by atoms with Crippen molar-refractivity contribution >= 4 is 5.78 Å². The third-order valence-electron chi connectivity index (χ3n) is 4.98. The van der Waals surface area contributed by atoms with Gasteiger partial charge < -0.3 is 4.74 Å². The molecule has 1 fully saturated rings. The Balaban J connectivity index is 2.26. The molecule has 23 heavy (non-hydrogen) atoms. The van der Waals surface area contributed by atoms with Gasteiger partial charge in [-0.15, -0.1) is 0 Å². The largest absolute Gasteiger partial charge is 0.493 e. The molecule has 0 N–H and O–H groups in total. The zero-order valence-electron chi connectivity index (χ0n) is 15.3. The highest BCUT2D eigenvalue weighted by Gasteiger charge is 2.25. The van der Waals surface area contributed by atoms with Gasteiger partial charge in [0.15, 0.2) is 5.78 Å². The lowest BCUT2D eigenvalue weighted by molar-refractivity contribution is 0.0888. The highest BCUT2D eigenvalue weighted by molar-refractivity contribution is 5.99. The Hall–Kier alpha value is -1.31. The standard InChI is InChI=1S/C21H32O2/c1-5-6-12-23-20-13-16(4)19(14-18(20)15(2)3)21(22)17-10-8-7-9-11-17/h13-15,17H,5-12H2,1-4H3. The van der Waals surface area contributed by atoms with Gasteiger partial charge in [0.2, 0.25) is 0 Å². The number of carbonyl (C=O) groups excluding carboxylic acids is 1. The Bertz CT molecular complexity index is 525. The third-order valence-corrected chi connectivity index (χ3v) is 4.98. The SMILES string of the molecule is CCCCOc1cc(C)c(C(=O)C2CCCCC2)cc1C(C)C. The lowest BCUT2D eigenvalue weighted by atomic mass is 9.82. The van der Waals surface area contributed by atoms with Gasteiger partial charge in [-0.25, -0.2) is 0 Å². The molecule has 0 aromatic heterocycles. The summed E-state index contributed by atoms with van der Waals surface area (Å²) >= 11 is 0. The Morgan fingerprint density at radius 1 is 1.22 bits per heavy atom. The summed E-state index contributed by atoms with van der Waals surface area (Å²) < 4.78 is 5.99. The average molecular weight is 316 g/mol. The summed E-state index contributed by atoms with van der Waals surface area (Å²) in [5.74, 6) is 1.91. The van der Waals surface area contributed by atoms with Crippen LogP contribution in [0.5, 0.6) is 5.75 Å². The maximum absolute atomic E-state index is 12.9. The van der Waals surface area contributed by atoms with Crippen molar-refractivity contribution in [3.8, 4) is 5.75 Å². The molecule has 0 radical (unpaired) electrons. The minimum absolute atomic E-state index is 0.231. The molecule has 1 aromatic carbocycles. The highest BCUT2D eigenvalue weighted by atomic mass is 16.5. The molecule has 2 heteroatoms. The van der Waals surface area contributed by atoms with E-state index in [1.807, 2.05) is 6.92 Å². The molecule has 0 unspecified atom stereocenters. The summed E-state index contributed by atoms with van der Waals surface area (Å²) in [5, 5.41) is 0. The van der Waals surface area contributed by atoms with Crippen molar-refractivity contribution < 1.29 is 9.53 Å². The van der Waals surface area contributed by atoms with Crippen LogP contribution in [0.4, 0.5) is 0 Å². The fraction of sp³-hybridized carbons (Fsp3) is 0.667. The molecule has 0 saturated heterocycles. The molecule has 1 saturated carbocycles. The molecule has 0 spiro atoms. The van der Waals surface area contributed by atoms with Gasteiger partial charge in [0.25, 0.3) is 0 Å². The van der Waals surface area contributed by atoms with Crippen molar-refractivity contribution in [2.45, 2.75) is 78.6 Å². The summed E-state index contributed by atoms with van der Waals surface area (Å²) in [4.78, 5) is 12.9. The van der Waals surface area contributed by atoms with E-state index in [0.717, 1.165) is 49.2 Å². The molecule has 1 aliphatic carbocycles. The van der Waals surface area contributed by atoms with Crippen molar-refractivity contribution in [1.82, 2.24) is 0 Å². The molecular weight excluding hydrogens is 284 g/mol. The number of hydrogen-bond donors (Lipinski definition) is 0. The molecule has 0 heterocycles. The summed E-state index contributed by atoms with van der Waals surface area (Å²) in [6, 6.07) is 4.19. The molecule has 1 aliphatic rings. The number of Topliss-reactive ketones (excluding diaryl/α,β-unsaturated/α-hetero) is 1. The molecule has 0 bridgehead atoms. The van der Waals surface area contributed by atoms with Crippen LogP contribution in [0.1, 0.15) is 93.1 Å². The number of unbranched alkanes of at least 4 members (excludes halogenated alkanes) is 1.